The first-order valence-electron chi connectivity index (χ1n) is 6.50. The lowest BCUT2D eigenvalue weighted by molar-refractivity contribution is 0.285. The van der Waals surface area contributed by atoms with Gasteiger partial charge in [0, 0.05) is 11.5 Å². The molecule has 0 rings (SSSR count). The van der Waals surface area contributed by atoms with Crippen LogP contribution in [0.25, 0.3) is 0 Å². The van der Waals surface area contributed by atoms with E-state index < -0.39 is 16.6 Å². The highest BCUT2D eigenvalue weighted by Crippen LogP contribution is 2.30. The summed E-state index contributed by atoms with van der Waals surface area (Å²) in [5.74, 6) is 1.70. The lowest BCUT2D eigenvalue weighted by Gasteiger charge is -2.31. The third-order valence-corrected chi connectivity index (χ3v) is 3.59. The van der Waals surface area contributed by atoms with E-state index in [2.05, 4.69) is 66.6 Å². The number of hydrogen-bond acceptors (Lipinski definition) is 2. The Kier molecular flexibility index (Phi) is 5.50. The van der Waals surface area contributed by atoms with E-state index in [0.717, 1.165) is 11.5 Å². The molecule has 0 amide bonds. The Labute approximate surface area is 115 Å². The van der Waals surface area contributed by atoms with Crippen molar-refractivity contribution in [3.8, 4) is 0 Å². The summed E-state index contributed by atoms with van der Waals surface area (Å²) in [6, 6.07) is 0. The number of hydrogen-bond donors (Lipinski definition) is 0. The zero-order valence-corrected chi connectivity index (χ0v) is 15.6. The smallest absolute Gasteiger partial charge is 0.242 e. The summed E-state index contributed by atoms with van der Waals surface area (Å²) in [5, 5.41) is 0. The van der Waals surface area contributed by atoms with Crippen molar-refractivity contribution in [2.75, 3.05) is 0 Å². The van der Waals surface area contributed by atoms with Gasteiger partial charge in [-0.3, -0.25) is 0 Å². The van der Waals surface area contributed by atoms with Crippen LogP contribution in [0.4, 0.5) is 0 Å². The van der Waals surface area contributed by atoms with E-state index in [1.807, 2.05) is 6.08 Å². The van der Waals surface area contributed by atoms with Crippen LogP contribution in [0, 0.1) is 5.41 Å². The Morgan fingerprint density at radius 2 is 1.28 bits per heavy atom. The first-order valence-corrected chi connectivity index (χ1v) is 13.3. The van der Waals surface area contributed by atoms with Crippen LogP contribution in [0.2, 0.25) is 39.3 Å². The topological polar surface area (TPSA) is 18.5 Å². The van der Waals surface area contributed by atoms with Crippen molar-refractivity contribution in [3.63, 3.8) is 0 Å². The van der Waals surface area contributed by atoms with Gasteiger partial charge in [-0.1, -0.05) is 27.4 Å². The molecule has 18 heavy (non-hydrogen) atoms. The maximum Gasteiger partial charge on any atom is 0.242 e. The van der Waals surface area contributed by atoms with Crippen LogP contribution < -0.4 is 0 Å². The van der Waals surface area contributed by atoms with Gasteiger partial charge in [-0.2, -0.15) is 0 Å². The van der Waals surface area contributed by atoms with Crippen LogP contribution in [0.1, 0.15) is 20.8 Å². The Balaban J connectivity index is 5.05. The minimum atomic E-state index is -1.61. The van der Waals surface area contributed by atoms with Crippen molar-refractivity contribution in [2.24, 2.45) is 5.41 Å². The van der Waals surface area contributed by atoms with E-state index in [0.29, 0.717) is 0 Å². The fraction of sp³-hybridized carbons (Fsp3) is 0.714. The van der Waals surface area contributed by atoms with Gasteiger partial charge in [0.05, 0.1) is 11.5 Å². The minimum absolute atomic E-state index is 0.0218. The fourth-order valence-corrected chi connectivity index (χ4v) is 3.17. The van der Waals surface area contributed by atoms with E-state index in [-0.39, 0.29) is 5.41 Å². The Morgan fingerprint density at radius 3 is 1.56 bits per heavy atom. The van der Waals surface area contributed by atoms with Crippen LogP contribution in [0.15, 0.2) is 24.2 Å². The molecule has 0 radical (unpaired) electrons. The van der Waals surface area contributed by atoms with Crippen molar-refractivity contribution in [3.05, 3.63) is 24.2 Å². The molecule has 0 bridgehead atoms. The van der Waals surface area contributed by atoms with Crippen molar-refractivity contribution >= 4 is 16.6 Å². The van der Waals surface area contributed by atoms with Gasteiger partial charge in [0.2, 0.25) is 16.6 Å². The van der Waals surface area contributed by atoms with Crippen molar-refractivity contribution in [1.82, 2.24) is 0 Å². The molecule has 0 saturated heterocycles. The van der Waals surface area contributed by atoms with Gasteiger partial charge in [0.25, 0.3) is 0 Å². The molecule has 106 valence electrons. The average molecular weight is 287 g/mol. The lowest BCUT2D eigenvalue weighted by Crippen LogP contribution is -2.30. The van der Waals surface area contributed by atoms with E-state index in [1.54, 1.807) is 0 Å². The molecule has 0 unspecified atom stereocenters. The molecule has 0 aromatic rings. The van der Waals surface area contributed by atoms with Gasteiger partial charge in [0.15, 0.2) is 0 Å². The standard InChI is InChI=1S/C14H30O2Si2/c1-12(15-17(5,6)7)11-13(14(2,3)4)16-18(8,9)10/h11H,1H2,2-10H3/b13-11-. The Hall–Kier alpha value is -0.486. The average Bonchev–Trinajstić information content (AvgIpc) is 1.93. The predicted molar refractivity (Wildman–Crippen MR) is 85.5 cm³/mol. The van der Waals surface area contributed by atoms with E-state index >= 15 is 0 Å². The van der Waals surface area contributed by atoms with Crippen LogP contribution in [-0.2, 0) is 8.85 Å². The van der Waals surface area contributed by atoms with Gasteiger partial charge in [-0.25, -0.2) is 0 Å². The molecule has 0 atom stereocenters. The highest BCUT2D eigenvalue weighted by Gasteiger charge is 2.26. The lowest BCUT2D eigenvalue weighted by atomic mass is 9.93. The second kappa shape index (κ2) is 5.65. The molecule has 0 aliphatic heterocycles. The third kappa shape index (κ3) is 8.58. The molecule has 0 spiro atoms. The predicted octanol–water partition coefficient (Wildman–Crippen LogP) is 5.13. The van der Waals surface area contributed by atoms with Gasteiger partial charge >= 0.3 is 0 Å². The van der Waals surface area contributed by atoms with Crippen LogP contribution in [0.5, 0.6) is 0 Å². The Morgan fingerprint density at radius 1 is 0.889 bits per heavy atom. The number of allylic oxidation sites excluding steroid dienone is 2. The van der Waals surface area contributed by atoms with Gasteiger partial charge in [-0.15, -0.1) is 0 Å². The fourth-order valence-electron chi connectivity index (χ4n) is 1.30. The largest absolute Gasteiger partial charge is 0.547 e. The van der Waals surface area contributed by atoms with Crippen LogP contribution >= 0.6 is 0 Å². The normalized spacial score (nSPS) is 14.4. The molecule has 0 aromatic carbocycles. The summed E-state index contributed by atoms with van der Waals surface area (Å²) < 4.78 is 12.0. The molecule has 0 aromatic heterocycles. The highest BCUT2D eigenvalue weighted by atomic mass is 28.4. The summed E-state index contributed by atoms with van der Waals surface area (Å²) >= 11 is 0. The second-order valence-corrected chi connectivity index (χ2v) is 16.5. The van der Waals surface area contributed by atoms with Crippen LogP contribution in [-0.4, -0.2) is 16.6 Å². The van der Waals surface area contributed by atoms with E-state index in [4.69, 9.17) is 8.85 Å². The summed E-state index contributed by atoms with van der Waals surface area (Å²) in [7, 11) is -3.20. The van der Waals surface area contributed by atoms with Crippen molar-refractivity contribution in [1.29, 1.82) is 0 Å². The first-order chi connectivity index (χ1) is 7.71. The molecular weight excluding hydrogens is 256 g/mol. The summed E-state index contributed by atoms with van der Waals surface area (Å²) in [6.07, 6.45) is 1.97. The molecule has 4 heteroatoms. The quantitative estimate of drug-likeness (QED) is 0.396. The molecule has 0 aliphatic carbocycles. The second-order valence-electron chi connectivity index (χ2n) is 7.65. The third-order valence-electron chi connectivity index (χ3n) is 1.88. The maximum atomic E-state index is 6.16. The zero-order chi connectivity index (χ0) is 14.8. The molecule has 0 saturated carbocycles. The van der Waals surface area contributed by atoms with E-state index in [9.17, 15) is 0 Å². The maximum absolute atomic E-state index is 6.16. The van der Waals surface area contributed by atoms with Gasteiger partial charge in [-0.05, 0) is 39.3 Å². The van der Waals surface area contributed by atoms with Crippen molar-refractivity contribution < 1.29 is 8.85 Å². The summed E-state index contributed by atoms with van der Waals surface area (Å²) in [4.78, 5) is 0. The first kappa shape index (κ1) is 17.5. The molecule has 0 N–H and O–H groups in total. The van der Waals surface area contributed by atoms with Gasteiger partial charge in [0.1, 0.15) is 0 Å². The number of rotatable bonds is 5. The SMILES string of the molecule is C=C(/C=C(\O[Si](C)(C)C)C(C)(C)C)O[Si](C)(C)C. The highest BCUT2D eigenvalue weighted by molar-refractivity contribution is 6.70. The zero-order valence-electron chi connectivity index (χ0n) is 13.6. The molecule has 2 nitrogen and oxygen atoms in total. The summed E-state index contributed by atoms with van der Waals surface area (Å²) in [5.41, 5.74) is -0.0218. The summed E-state index contributed by atoms with van der Waals surface area (Å²) in [6.45, 7) is 23.5. The molecule has 0 fully saturated rings. The van der Waals surface area contributed by atoms with Crippen molar-refractivity contribution in [2.45, 2.75) is 60.1 Å². The molecule has 0 heterocycles. The van der Waals surface area contributed by atoms with Gasteiger partial charge < -0.3 is 8.85 Å². The monoisotopic (exact) mass is 286 g/mol. The molecular formula is C14H30O2Si2. The van der Waals surface area contributed by atoms with E-state index in [1.165, 1.54) is 0 Å². The van der Waals surface area contributed by atoms with Crippen LogP contribution in [0.3, 0.4) is 0 Å². The Bertz CT molecular complexity index is 325. The molecule has 0 aliphatic rings. The minimum Gasteiger partial charge on any atom is -0.547 e.